The number of hydrogen-bond acceptors (Lipinski definition) is 5. The molecule has 0 unspecified atom stereocenters. The number of nitrogens with one attached hydrogen (secondary N) is 1. The van der Waals surface area contributed by atoms with Gasteiger partial charge in [0, 0.05) is 38.6 Å². The number of anilines is 2. The average molecular weight is 332 g/mol. The molecule has 1 amide bonds. The highest BCUT2D eigenvalue weighted by atomic mass is 35.5. The quantitative estimate of drug-likeness (QED) is 0.867. The molecule has 1 aliphatic heterocycles. The van der Waals surface area contributed by atoms with E-state index in [0.717, 1.165) is 32.0 Å². The molecule has 1 aliphatic rings. The number of pyridine rings is 2. The van der Waals surface area contributed by atoms with E-state index in [1.165, 1.54) is 0 Å². The van der Waals surface area contributed by atoms with E-state index in [1.54, 1.807) is 24.5 Å². The lowest BCUT2D eigenvalue weighted by Crippen LogP contribution is -2.48. The molecule has 0 atom stereocenters. The standard InChI is InChI=1S/C16H18ClN5O/c17-16-13(4-3-7-19-16)20-15(23)12-21-8-10-22(11-9-21)14-5-1-2-6-18-14/h1-7H,8-12H2,(H,20,23). The van der Waals surface area contributed by atoms with E-state index < -0.39 is 0 Å². The van der Waals surface area contributed by atoms with Gasteiger partial charge in [-0.2, -0.15) is 0 Å². The Balaban J connectivity index is 1.49. The van der Waals surface area contributed by atoms with Crippen LogP contribution >= 0.6 is 11.6 Å². The molecule has 6 nitrogen and oxygen atoms in total. The van der Waals surface area contributed by atoms with Gasteiger partial charge < -0.3 is 10.2 Å². The number of nitrogens with zero attached hydrogens (tertiary/aromatic N) is 4. The van der Waals surface area contributed by atoms with Crippen LogP contribution in [0.5, 0.6) is 0 Å². The van der Waals surface area contributed by atoms with Crippen LogP contribution in [0, 0.1) is 0 Å². The number of amides is 1. The first-order valence-corrected chi connectivity index (χ1v) is 7.89. The van der Waals surface area contributed by atoms with E-state index in [4.69, 9.17) is 11.6 Å². The van der Waals surface area contributed by atoms with Crippen LogP contribution in [0.25, 0.3) is 0 Å². The van der Waals surface area contributed by atoms with Crippen LogP contribution in [-0.4, -0.2) is 53.5 Å². The van der Waals surface area contributed by atoms with E-state index in [1.807, 2.05) is 18.2 Å². The minimum Gasteiger partial charge on any atom is -0.354 e. The predicted molar refractivity (Wildman–Crippen MR) is 90.8 cm³/mol. The van der Waals surface area contributed by atoms with Crippen molar-refractivity contribution in [1.29, 1.82) is 0 Å². The zero-order valence-electron chi connectivity index (χ0n) is 12.7. The fourth-order valence-corrected chi connectivity index (χ4v) is 2.71. The molecule has 0 aromatic carbocycles. The molecule has 2 aromatic heterocycles. The molecule has 0 saturated carbocycles. The van der Waals surface area contributed by atoms with Crippen molar-refractivity contribution in [1.82, 2.24) is 14.9 Å². The summed E-state index contributed by atoms with van der Waals surface area (Å²) >= 11 is 5.94. The van der Waals surface area contributed by atoms with Crippen LogP contribution in [0.1, 0.15) is 0 Å². The molecule has 2 aromatic rings. The van der Waals surface area contributed by atoms with Crippen LogP contribution in [0.15, 0.2) is 42.7 Å². The third-order valence-corrected chi connectivity index (χ3v) is 4.05. The van der Waals surface area contributed by atoms with E-state index >= 15 is 0 Å². The largest absolute Gasteiger partial charge is 0.354 e. The normalized spacial score (nSPS) is 15.4. The molecule has 0 radical (unpaired) electrons. The van der Waals surface area contributed by atoms with Gasteiger partial charge in [-0.3, -0.25) is 9.69 Å². The SMILES string of the molecule is O=C(CN1CCN(c2ccccn2)CC1)Nc1cccnc1Cl. The van der Waals surface area contributed by atoms with Gasteiger partial charge in [-0.15, -0.1) is 0 Å². The third-order valence-electron chi connectivity index (χ3n) is 3.75. The number of carbonyl (C=O) groups is 1. The number of rotatable bonds is 4. The molecule has 3 rings (SSSR count). The number of halogens is 1. The van der Waals surface area contributed by atoms with Crippen molar-refractivity contribution in [2.75, 3.05) is 42.9 Å². The summed E-state index contributed by atoms with van der Waals surface area (Å²) in [6.45, 7) is 3.71. The summed E-state index contributed by atoms with van der Waals surface area (Å²) in [5.41, 5.74) is 0.547. The first-order chi connectivity index (χ1) is 11.2. The van der Waals surface area contributed by atoms with Gasteiger partial charge >= 0.3 is 0 Å². The molecule has 0 aliphatic carbocycles. The molecular weight excluding hydrogens is 314 g/mol. The lowest BCUT2D eigenvalue weighted by atomic mass is 10.3. The molecule has 3 heterocycles. The fourth-order valence-electron chi connectivity index (χ4n) is 2.55. The van der Waals surface area contributed by atoms with Crippen molar-refractivity contribution in [3.8, 4) is 0 Å². The van der Waals surface area contributed by atoms with Gasteiger partial charge in [0.25, 0.3) is 0 Å². The summed E-state index contributed by atoms with van der Waals surface area (Å²) in [6.07, 6.45) is 3.39. The molecule has 23 heavy (non-hydrogen) atoms. The first-order valence-electron chi connectivity index (χ1n) is 7.51. The Morgan fingerprint density at radius 2 is 1.87 bits per heavy atom. The van der Waals surface area contributed by atoms with Crippen molar-refractivity contribution < 1.29 is 4.79 Å². The Morgan fingerprint density at radius 1 is 1.09 bits per heavy atom. The molecule has 120 valence electrons. The second kappa shape index (κ2) is 7.39. The topological polar surface area (TPSA) is 61.4 Å². The minimum atomic E-state index is -0.0776. The van der Waals surface area contributed by atoms with Gasteiger partial charge in [0.2, 0.25) is 5.91 Å². The molecule has 1 fully saturated rings. The molecule has 0 spiro atoms. The van der Waals surface area contributed by atoms with Crippen LogP contribution in [-0.2, 0) is 4.79 Å². The second-order valence-corrected chi connectivity index (χ2v) is 5.70. The third kappa shape index (κ3) is 4.18. The summed E-state index contributed by atoms with van der Waals surface area (Å²) in [4.78, 5) is 24.8. The van der Waals surface area contributed by atoms with E-state index in [2.05, 4.69) is 25.1 Å². The van der Waals surface area contributed by atoms with Gasteiger partial charge in [0.15, 0.2) is 5.15 Å². The predicted octanol–water partition coefficient (Wildman–Crippen LogP) is 1.89. The summed E-state index contributed by atoms with van der Waals surface area (Å²) in [7, 11) is 0. The van der Waals surface area contributed by atoms with Crippen LogP contribution in [0.2, 0.25) is 5.15 Å². The van der Waals surface area contributed by atoms with Gasteiger partial charge in [-0.1, -0.05) is 17.7 Å². The maximum absolute atomic E-state index is 12.1. The van der Waals surface area contributed by atoms with Gasteiger partial charge in [-0.05, 0) is 24.3 Å². The van der Waals surface area contributed by atoms with Crippen LogP contribution in [0.4, 0.5) is 11.5 Å². The summed E-state index contributed by atoms with van der Waals surface area (Å²) in [5.74, 6) is 0.907. The van der Waals surface area contributed by atoms with E-state index in [9.17, 15) is 4.79 Å². The smallest absolute Gasteiger partial charge is 0.238 e. The molecule has 1 N–H and O–H groups in total. The first kappa shape index (κ1) is 15.7. The maximum Gasteiger partial charge on any atom is 0.238 e. The number of hydrogen-bond donors (Lipinski definition) is 1. The molecule has 0 bridgehead atoms. The highest BCUT2D eigenvalue weighted by Crippen LogP contribution is 2.17. The van der Waals surface area contributed by atoms with Gasteiger partial charge in [-0.25, -0.2) is 9.97 Å². The number of piperazine rings is 1. The Labute approximate surface area is 140 Å². The highest BCUT2D eigenvalue weighted by Gasteiger charge is 2.20. The van der Waals surface area contributed by atoms with Crippen molar-refractivity contribution in [2.45, 2.75) is 0 Å². The summed E-state index contributed by atoms with van der Waals surface area (Å²) in [6, 6.07) is 9.39. The second-order valence-electron chi connectivity index (χ2n) is 5.34. The average Bonchev–Trinajstić information content (AvgIpc) is 2.58. The van der Waals surface area contributed by atoms with Gasteiger partial charge in [0.05, 0.1) is 12.2 Å². The minimum absolute atomic E-state index is 0.0776. The maximum atomic E-state index is 12.1. The van der Waals surface area contributed by atoms with E-state index in [0.29, 0.717) is 17.4 Å². The lowest BCUT2D eigenvalue weighted by Gasteiger charge is -2.34. The van der Waals surface area contributed by atoms with Crippen LogP contribution < -0.4 is 10.2 Å². The van der Waals surface area contributed by atoms with Crippen molar-refractivity contribution in [3.63, 3.8) is 0 Å². The van der Waals surface area contributed by atoms with Crippen molar-refractivity contribution in [2.24, 2.45) is 0 Å². The monoisotopic (exact) mass is 331 g/mol. The zero-order valence-corrected chi connectivity index (χ0v) is 13.4. The summed E-state index contributed by atoms with van der Waals surface area (Å²) < 4.78 is 0. The van der Waals surface area contributed by atoms with E-state index in [-0.39, 0.29) is 5.91 Å². The number of aromatic nitrogens is 2. The van der Waals surface area contributed by atoms with Crippen LogP contribution in [0.3, 0.4) is 0 Å². The van der Waals surface area contributed by atoms with Crippen molar-refractivity contribution >= 4 is 29.0 Å². The summed E-state index contributed by atoms with van der Waals surface area (Å²) in [5, 5.41) is 3.11. The number of carbonyl (C=O) groups excluding carboxylic acids is 1. The molecular formula is C16H18ClN5O. The highest BCUT2D eigenvalue weighted by molar-refractivity contribution is 6.32. The molecule has 1 saturated heterocycles. The van der Waals surface area contributed by atoms with Crippen molar-refractivity contribution in [3.05, 3.63) is 47.9 Å². The Hall–Kier alpha value is -2.18. The van der Waals surface area contributed by atoms with Gasteiger partial charge in [0.1, 0.15) is 5.82 Å². The Kier molecular flexibility index (Phi) is 5.05. The Bertz CT molecular complexity index is 659. The Morgan fingerprint density at radius 3 is 2.57 bits per heavy atom. The fraction of sp³-hybridized carbons (Fsp3) is 0.312. The molecule has 7 heteroatoms. The lowest BCUT2D eigenvalue weighted by molar-refractivity contribution is -0.117. The zero-order chi connectivity index (χ0) is 16.1.